The van der Waals surface area contributed by atoms with E-state index in [9.17, 15) is 4.79 Å². The molecule has 0 aliphatic rings. The van der Waals surface area contributed by atoms with Gasteiger partial charge in [-0.05, 0) is 34.1 Å². The van der Waals surface area contributed by atoms with Crippen molar-refractivity contribution in [2.75, 3.05) is 5.73 Å². The Morgan fingerprint density at radius 1 is 1.05 bits per heavy atom. The highest BCUT2D eigenvalue weighted by Gasteiger charge is 2.16. The molecule has 3 rings (SSSR count). The molecule has 0 bridgehead atoms. The first-order valence-corrected chi connectivity index (χ1v) is 7.40. The van der Waals surface area contributed by atoms with Gasteiger partial charge >= 0.3 is 0 Å². The second-order valence-electron chi connectivity index (χ2n) is 4.18. The van der Waals surface area contributed by atoms with Crippen molar-refractivity contribution in [2.45, 2.75) is 0 Å². The van der Waals surface area contributed by atoms with Crippen LogP contribution in [0.5, 0.6) is 0 Å². The minimum absolute atomic E-state index is 0.0255. The molecule has 2 nitrogen and oxygen atoms in total. The van der Waals surface area contributed by atoms with Gasteiger partial charge in [0.05, 0.1) is 0 Å². The van der Waals surface area contributed by atoms with Crippen molar-refractivity contribution in [2.24, 2.45) is 0 Å². The fourth-order valence-corrected chi connectivity index (χ4v) is 3.65. The number of halogens is 1. The SMILES string of the molecule is Nc1ccccc1C(=O)c1csc2c(Br)cccc12. The first-order chi connectivity index (χ1) is 9.18. The number of para-hydroxylation sites is 1. The molecule has 1 aromatic heterocycles. The predicted octanol–water partition coefficient (Wildman–Crippen LogP) is 4.48. The second kappa shape index (κ2) is 4.79. The third kappa shape index (κ3) is 2.07. The Kier molecular flexibility index (Phi) is 3.12. The number of hydrogen-bond acceptors (Lipinski definition) is 3. The molecule has 2 aromatic carbocycles. The summed E-state index contributed by atoms with van der Waals surface area (Å²) in [6, 6.07) is 13.0. The summed E-state index contributed by atoms with van der Waals surface area (Å²) in [4.78, 5) is 12.6. The van der Waals surface area contributed by atoms with E-state index in [1.54, 1.807) is 23.5 Å². The van der Waals surface area contributed by atoms with Crippen molar-refractivity contribution in [3.8, 4) is 0 Å². The van der Waals surface area contributed by atoms with E-state index in [1.165, 1.54) is 0 Å². The zero-order valence-electron chi connectivity index (χ0n) is 9.89. The van der Waals surface area contributed by atoms with Gasteiger partial charge in [-0.2, -0.15) is 0 Å². The maximum Gasteiger partial charge on any atom is 0.196 e. The van der Waals surface area contributed by atoms with Crippen LogP contribution in [0.1, 0.15) is 15.9 Å². The van der Waals surface area contributed by atoms with Gasteiger partial charge in [-0.15, -0.1) is 11.3 Å². The van der Waals surface area contributed by atoms with Gasteiger partial charge in [0.15, 0.2) is 5.78 Å². The monoisotopic (exact) mass is 331 g/mol. The zero-order valence-corrected chi connectivity index (χ0v) is 12.3. The summed E-state index contributed by atoms with van der Waals surface area (Å²) in [5.74, 6) is -0.0255. The molecule has 0 saturated carbocycles. The van der Waals surface area contributed by atoms with E-state index in [2.05, 4.69) is 15.9 Å². The third-order valence-electron chi connectivity index (χ3n) is 3.00. The highest BCUT2D eigenvalue weighted by molar-refractivity contribution is 9.10. The van der Waals surface area contributed by atoms with E-state index >= 15 is 0 Å². The van der Waals surface area contributed by atoms with E-state index in [0.29, 0.717) is 16.8 Å². The molecule has 19 heavy (non-hydrogen) atoms. The van der Waals surface area contributed by atoms with Crippen LogP contribution in [0.3, 0.4) is 0 Å². The number of ketones is 1. The number of thiophene rings is 1. The number of nitrogens with two attached hydrogens (primary N) is 1. The molecule has 0 atom stereocenters. The van der Waals surface area contributed by atoms with Gasteiger partial charge < -0.3 is 5.73 Å². The van der Waals surface area contributed by atoms with Gasteiger partial charge in [0.2, 0.25) is 0 Å². The summed E-state index contributed by atoms with van der Waals surface area (Å²) >= 11 is 5.07. The molecule has 3 aromatic rings. The number of fused-ring (bicyclic) bond motifs is 1. The Labute approximate surface area is 123 Å². The fraction of sp³-hybridized carbons (Fsp3) is 0. The molecule has 1 heterocycles. The Morgan fingerprint density at radius 2 is 1.84 bits per heavy atom. The smallest absolute Gasteiger partial charge is 0.196 e. The number of hydrogen-bond donors (Lipinski definition) is 1. The van der Waals surface area contributed by atoms with E-state index in [1.807, 2.05) is 35.7 Å². The van der Waals surface area contributed by atoms with Gasteiger partial charge in [-0.3, -0.25) is 4.79 Å². The van der Waals surface area contributed by atoms with Gasteiger partial charge in [0.1, 0.15) is 0 Å². The number of rotatable bonds is 2. The average Bonchev–Trinajstić information content (AvgIpc) is 2.84. The lowest BCUT2D eigenvalue weighted by Gasteiger charge is -2.03. The Hall–Kier alpha value is -1.65. The van der Waals surface area contributed by atoms with Crippen LogP contribution in [0, 0.1) is 0 Å². The number of anilines is 1. The van der Waals surface area contributed by atoms with Gasteiger partial charge in [-0.25, -0.2) is 0 Å². The number of benzene rings is 2. The summed E-state index contributed by atoms with van der Waals surface area (Å²) in [6.07, 6.45) is 0. The lowest BCUT2D eigenvalue weighted by molar-refractivity contribution is 0.104. The molecule has 2 N–H and O–H groups in total. The molecule has 4 heteroatoms. The lowest BCUT2D eigenvalue weighted by Crippen LogP contribution is -2.04. The van der Waals surface area contributed by atoms with E-state index in [-0.39, 0.29) is 5.78 Å². The molecular formula is C15H10BrNOS. The topological polar surface area (TPSA) is 43.1 Å². The predicted molar refractivity (Wildman–Crippen MR) is 83.8 cm³/mol. The maximum atomic E-state index is 12.6. The van der Waals surface area contributed by atoms with Crippen LogP contribution < -0.4 is 5.73 Å². The number of nitrogen functional groups attached to an aromatic ring is 1. The van der Waals surface area contributed by atoms with E-state index in [0.717, 1.165) is 14.6 Å². The summed E-state index contributed by atoms with van der Waals surface area (Å²) in [6.45, 7) is 0. The highest BCUT2D eigenvalue weighted by atomic mass is 79.9. The van der Waals surface area contributed by atoms with Crippen molar-refractivity contribution in [1.82, 2.24) is 0 Å². The van der Waals surface area contributed by atoms with Crippen molar-refractivity contribution >= 4 is 48.8 Å². The standard InChI is InChI=1S/C15H10BrNOS/c16-12-6-3-5-9-11(8-19-15(9)12)14(18)10-4-1-2-7-13(10)17/h1-8H,17H2. The van der Waals surface area contributed by atoms with Crippen LogP contribution in [-0.4, -0.2) is 5.78 Å². The quantitative estimate of drug-likeness (QED) is 0.555. The zero-order chi connectivity index (χ0) is 13.4. The van der Waals surface area contributed by atoms with Crippen molar-refractivity contribution in [3.05, 3.63) is 63.4 Å². The molecule has 0 unspecified atom stereocenters. The average molecular weight is 332 g/mol. The molecule has 94 valence electrons. The lowest BCUT2D eigenvalue weighted by atomic mass is 10.0. The largest absolute Gasteiger partial charge is 0.398 e. The number of carbonyl (C=O) groups is 1. The Balaban J connectivity index is 2.18. The van der Waals surface area contributed by atoms with Crippen LogP contribution in [0.15, 0.2) is 52.3 Å². The summed E-state index contributed by atoms with van der Waals surface area (Å²) in [7, 11) is 0. The summed E-state index contributed by atoms with van der Waals surface area (Å²) < 4.78 is 2.09. The Bertz CT molecular complexity index is 779. The van der Waals surface area contributed by atoms with E-state index < -0.39 is 0 Å². The van der Waals surface area contributed by atoms with Crippen molar-refractivity contribution < 1.29 is 4.79 Å². The third-order valence-corrected chi connectivity index (χ3v) is 4.95. The van der Waals surface area contributed by atoms with Gasteiger partial charge in [0.25, 0.3) is 0 Å². The summed E-state index contributed by atoms with van der Waals surface area (Å²) in [5.41, 5.74) is 7.66. The minimum atomic E-state index is -0.0255. The molecular weight excluding hydrogens is 322 g/mol. The minimum Gasteiger partial charge on any atom is -0.398 e. The van der Waals surface area contributed by atoms with Crippen LogP contribution >= 0.6 is 27.3 Å². The van der Waals surface area contributed by atoms with Gasteiger partial charge in [-0.1, -0.05) is 24.3 Å². The number of carbonyl (C=O) groups excluding carboxylic acids is 1. The fourth-order valence-electron chi connectivity index (χ4n) is 2.05. The van der Waals surface area contributed by atoms with Crippen LogP contribution in [0.25, 0.3) is 10.1 Å². The van der Waals surface area contributed by atoms with Crippen LogP contribution in [0.4, 0.5) is 5.69 Å². The maximum absolute atomic E-state index is 12.6. The van der Waals surface area contributed by atoms with Crippen molar-refractivity contribution in [1.29, 1.82) is 0 Å². The Morgan fingerprint density at radius 3 is 2.63 bits per heavy atom. The molecule has 0 radical (unpaired) electrons. The molecule has 0 aliphatic carbocycles. The first kappa shape index (κ1) is 12.4. The molecule has 0 spiro atoms. The van der Waals surface area contributed by atoms with E-state index in [4.69, 9.17) is 5.73 Å². The van der Waals surface area contributed by atoms with Gasteiger partial charge in [0, 0.05) is 36.8 Å². The highest BCUT2D eigenvalue weighted by Crippen LogP contribution is 2.33. The van der Waals surface area contributed by atoms with Crippen molar-refractivity contribution in [3.63, 3.8) is 0 Å². The first-order valence-electron chi connectivity index (χ1n) is 5.73. The second-order valence-corrected chi connectivity index (χ2v) is 5.92. The molecule has 0 saturated heterocycles. The van der Waals surface area contributed by atoms with Crippen LogP contribution in [0.2, 0.25) is 0 Å². The normalized spacial score (nSPS) is 10.8. The van der Waals surface area contributed by atoms with Crippen LogP contribution in [-0.2, 0) is 0 Å². The molecule has 0 amide bonds. The summed E-state index contributed by atoms with van der Waals surface area (Å²) in [5, 5.41) is 2.86. The molecule has 0 fully saturated rings. The molecule has 0 aliphatic heterocycles.